The molecule has 59 heavy (non-hydrogen) atoms. The van der Waals surface area contributed by atoms with Crippen LogP contribution < -0.4 is 4.90 Å². The van der Waals surface area contributed by atoms with Crippen molar-refractivity contribution in [3.8, 4) is 55.6 Å². The number of fused-ring (bicyclic) bond motifs is 13. The number of rotatable bonds is 5. The van der Waals surface area contributed by atoms with Crippen molar-refractivity contribution in [3.63, 3.8) is 0 Å². The van der Waals surface area contributed by atoms with Crippen molar-refractivity contribution >= 4 is 17.1 Å². The Hall–Kier alpha value is -7.22. The maximum atomic E-state index is 2.62. The van der Waals surface area contributed by atoms with Crippen LogP contribution in [-0.4, -0.2) is 0 Å². The van der Waals surface area contributed by atoms with Crippen molar-refractivity contribution in [1.82, 2.24) is 0 Å². The highest BCUT2D eigenvalue weighted by Gasteiger charge is 2.54. The number of nitrogens with zero attached hydrogens (tertiary/aromatic N) is 1. The predicted molar refractivity (Wildman–Crippen MR) is 246 cm³/mol. The third kappa shape index (κ3) is 4.67. The SMILES string of the molecule is CC1(C)c2ccccc2-c2c1cc1c(c2-c2ccccc2)-c2ccc(N(c3ccccc3)c3ccc(-c4ccccc4)cc3)cc2C12c1ccccc1-c1ccccc12. The summed E-state index contributed by atoms with van der Waals surface area (Å²) in [6.07, 6.45) is 0. The second-order valence-corrected chi connectivity index (χ2v) is 16.8. The molecule has 0 saturated carbocycles. The van der Waals surface area contributed by atoms with E-state index in [2.05, 4.69) is 231 Å². The summed E-state index contributed by atoms with van der Waals surface area (Å²) in [6.45, 7) is 4.84. The van der Waals surface area contributed by atoms with Crippen LogP contribution in [-0.2, 0) is 10.8 Å². The first-order chi connectivity index (χ1) is 29.0. The van der Waals surface area contributed by atoms with Crippen molar-refractivity contribution in [2.75, 3.05) is 4.90 Å². The molecule has 1 spiro atoms. The fourth-order valence-electron chi connectivity index (χ4n) is 10.9. The Balaban J connectivity index is 1.19. The number of para-hydroxylation sites is 1. The summed E-state index contributed by atoms with van der Waals surface area (Å²) in [5, 5.41) is 0. The van der Waals surface area contributed by atoms with Crippen LogP contribution in [0, 0.1) is 0 Å². The molecule has 0 amide bonds. The minimum atomic E-state index is -0.531. The molecule has 0 aromatic heterocycles. The van der Waals surface area contributed by atoms with Crippen LogP contribution in [0.15, 0.2) is 212 Å². The summed E-state index contributed by atoms with van der Waals surface area (Å²) in [5.41, 5.74) is 23.8. The van der Waals surface area contributed by atoms with Crippen LogP contribution in [0.3, 0.4) is 0 Å². The molecule has 278 valence electrons. The molecule has 0 heterocycles. The molecule has 0 unspecified atom stereocenters. The van der Waals surface area contributed by atoms with Crippen molar-refractivity contribution in [2.24, 2.45) is 0 Å². The summed E-state index contributed by atoms with van der Waals surface area (Å²) >= 11 is 0. The quantitative estimate of drug-likeness (QED) is 0.169. The molecule has 0 bridgehead atoms. The van der Waals surface area contributed by atoms with Gasteiger partial charge in [0.05, 0.1) is 5.41 Å². The third-order valence-electron chi connectivity index (χ3n) is 13.5. The smallest absolute Gasteiger partial charge is 0.0726 e. The highest BCUT2D eigenvalue weighted by molar-refractivity contribution is 6.07. The zero-order chi connectivity index (χ0) is 39.3. The Morgan fingerprint density at radius 1 is 0.288 bits per heavy atom. The van der Waals surface area contributed by atoms with Crippen LogP contribution in [0.2, 0.25) is 0 Å². The molecule has 1 nitrogen and oxygen atoms in total. The van der Waals surface area contributed by atoms with Gasteiger partial charge in [0.1, 0.15) is 0 Å². The number of hydrogen-bond acceptors (Lipinski definition) is 1. The van der Waals surface area contributed by atoms with Gasteiger partial charge in [-0.2, -0.15) is 0 Å². The molecule has 0 N–H and O–H groups in total. The lowest BCUT2D eigenvalue weighted by molar-refractivity contribution is 0.657. The van der Waals surface area contributed by atoms with E-state index in [1.165, 1.54) is 89.0 Å². The molecule has 0 saturated heterocycles. The van der Waals surface area contributed by atoms with E-state index in [0.717, 1.165) is 17.1 Å². The van der Waals surface area contributed by atoms with E-state index in [1.807, 2.05) is 0 Å². The van der Waals surface area contributed by atoms with E-state index in [4.69, 9.17) is 0 Å². The Morgan fingerprint density at radius 3 is 1.39 bits per heavy atom. The molecule has 0 atom stereocenters. The highest BCUT2D eigenvalue weighted by atomic mass is 15.1. The summed E-state index contributed by atoms with van der Waals surface area (Å²) in [5.74, 6) is 0. The molecular weight excluding hydrogens is 711 g/mol. The van der Waals surface area contributed by atoms with Crippen molar-refractivity contribution in [3.05, 3.63) is 246 Å². The number of benzene rings is 9. The van der Waals surface area contributed by atoms with Crippen LogP contribution in [0.1, 0.15) is 47.2 Å². The molecule has 9 aromatic carbocycles. The van der Waals surface area contributed by atoms with Crippen molar-refractivity contribution < 1.29 is 0 Å². The first-order valence-electron chi connectivity index (χ1n) is 20.8. The largest absolute Gasteiger partial charge is 0.310 e. The van der Waals surface area contributed by atoms with Crippen molar-refractivity contribution in [1.29, 1.82) is 0 Å². The van der Waals surface area contributed by atoms with Crippen molar-refractivity contribution in [2.45, 2.75) is 24.7 Å². The van der Waals surface area contributed by atoms with E-state index >= 15 is 0 Å². The topological polar surface area (TPSA) is 3.24 Å². The monoisotopic (exact) mass is 751 g/mol. The van der Waals surface area contributed by atoms with Gasteiger partial charge in [-0.1, -0.05) is 190 Å². The lowest BCUT2D eigenvalue weighted by Crippen LogP contribution is -2.27. The third-order valence-corrected chi connectivity index (χ3v) is 13.5. The molecule has 12 rings (SSSR count). The van der Waals surface area contributed by atoms with Gasteiger partial charge in [-0.05, 0) is 125 Å². The first-order valence-corrected chi connectivity index (χ1v) is 20.8. The molecular formula is C58H41N. The average Bonchev–Trinajstić information content (AvgIpc) is 3.85. The number of anilines is 3. The van der Waals surface area contributed by atoms with Gasteiger partial charge in [0.25, 0.3) is 0 Å². The molecule has 3 aliphatic rings. The first kappa shape index (κ1) is 33.9. The maximum Gasteiger partial charge on any atom is 0.0726 e. The number of hydrogen-bond donors (Lipinski definition) is 0. The van der Waals surface area contributed by atoms with Gasteiger partial charge in [-0.25, -0.2) is 0 Å². The van der Waals surface area contributed by atoms with Gasteiger partial charge in [-0.15, -0.1) is 0 Å². The fourth-order valence-corrected chi connectivity index (χ4v) is 10.9. The summed E-state index contributed by atoms with van der Waals surface area (Å²) in [4.78, 5) is 2.43. The van der Waals surface area contributed by atoms with Crippen LogP contribution in [0.4, 0.5) is 17.1 Å². The molecule has 1 heteroatoms. The van der Waals surface area contributed by atoms with Gasteiger partial charge >= 0.3 is 0 Å². The minimum absolute atomic E-state index is 0.181. The molecule has 0 fully saturated rings. The lowest BCUT2D eigenvalue weighted by Gasteiger charge is -2.33. The molecule has 3 aliphatic carbocycles. The van der Waals surface area contributed by atoms with Gasteiger partial charge in [0.15, 0.2) is 0 Å². The predicted octanol–water partition coefficient (Wildman–Crippen LogP) is 15.1. The summed E-state index contributed by atoms with van der Waals surface area (Å²) in [7, 11) is 0. The second-order valence-electron chi connectivity index (χ2n) is 16.8. The summed E-state index contributed by atoms with van der Waals surface area (Å²) < 4.78 is 0. The minimum Gasteiger partial charge on any atom is -0.310 e. The fraction of sp³-hybridized carbons (Fsp3) is 0.0690. The Bertz CT molecular complexity index is 3060. The van der Waals surface area contributed by atoms with Gasteiger partial charge in [-0.3, -0.25) is 0 Å². The average molecular weight is 752 g/mol. The van der Waals surface area contributed by atoms with Crippen LogP contribution in [0.5, 0.6) is 0 Å². The van der Waals surface area contributed by atoms with E-state index in [0.29, 0.717) is 0 Å². The standard InChI is InChI=1S/C58H41N/c1-57(2)48-27-15-14-26-46(48)55-52(57)37-53-56(54(55)40-20-8-4-9-21-40)47-35-34-43(36-51(47)58(53)49-28-16-12-24-44(49)45-25-13-17-29-50(45)58)59(41-22-10-5-11-23-41)42-32-30-39(31-33-42)38-18-6-3-7-19-38/h3-37H,1-2H3. The normalized spacial score (nSPS) is 14.2. The Kier molecular flexibility index (Phi) is 7.26. The zero-order valence-electron chi connectivity index (χ0n) is 33.2. The van der Waals surface area contributed by atoms with E-state index in [-0.39, 0.29) is 5.41 Å². The van der Waals surface area contributed by atoms with Gasteiger partial charge in [0.2, 0.25) is 0 Å². The van der Waals surface area contributed by atoms with E-state index in [9.17, 15) is 0 Å². The lowest BCUT2D eigenvalue weighted by atomic mass is 9.69. The highest BCUT2D eigenvalue weighted by Crippen LogP contribution is 2.67. The van der Waals surface area contributed by atoms with Crippen LogP contribution >= 0.6 is 0 Å². The Labute approximate surface area is 346 Å². The second kappa shape index (κ2) is 12.6. The Morgan fingerprint density at radius 2 is 0.746 bits per heavy atom. The summed E-state index contributed by atoms with van der Waals surface area (Å²) in [6, 6.07) is 79.1. The maximum absolute atomic E-state index is 2.62. The van der Waals surface area contributed by atoms with Crippen LogP contribution in [0.25, 0.3) is 55.6 Å². The van der Waals surface area contributed by atoms with E-state index < -0.39 is 5.41 Å². The van der Waals surface area contributed by atoms with Gasteiger partial charge in [0, 0.05) is 22.5 Å². The molecule has 0 radical (unpaired) electrons. The molecule has 9 aromatic rings. The van der Waals surface area contributed by atoms with Gasteiger partial charge < -0.3 is 4.90 Å². The molecule has 0 aliphatic heterocycles. The van der Waals surface area contributed by atoms with E-state index in [1.54, 1.807) is 0 Å². The zero-order valence-corrected chi connectivity index (χ0v) is 33.2.